The smallest absolute Gasteiger partial charge is 0.243 e. The lowest BCUT2D eigenvalue weighted by atomic mass is 9.98. The first-order chi connectivity index (χ1) is 9.13. The number of methoxy groups -OCH3 is 1. The molecule has 0 aliphatic carbocycles. The predicted octanol–water partition coefficient (Wildman–Crippen LogP) is 1.64. The van der Waals surface area contributed by atoms with E-state index >= 15 is 0 Å². The number of aryl methyl sites for hydroxylation is 2. The molecular formula is C15H22N2O2. The molecule has 0 radical (unpaired) electrons. The molecule has 4 heteroatoms. The minimum atomic E-state index is -0.479. The molecule has 1 heterocycles. The first kappa shape index (κ1) is 14.0. The first-order valence-electron chi connectivity index (χ1n) is 6.79. The van der Waals surface area contributed by atoms with Gasteiger partial charge in [-0.2, -0.15) is 0 Å². The summed E-state index contributed by atoms with van der Waals surface area (Å²) in [5.41, 5.74) is 9.45. The van der Waals surface area contributed by atoms with Gasteiger partial charge in [-0.15, -0.1) is 0 Å². The Morgan fingerprint density at radius 1 is 1.53 bits per heavy atom. The van der Waals surface area contributed by atoms with Gasteiger partial charge in [0.05, 0.1) is 6.04 Å². The molecule has 2 N–H and O–H groups in total. The second-order valence-electron chi connectivity index (χ2n) is 5.11. The van der Waals surface area contributed by atoms with Crippen molar-refractivity contribution in [2.24, 2.45) is 5.73 Å². The van der Waals surface area contributed by atoms with E-state index in [0.717, 1.165) is 25.1 Å². The molecule has 0 aromatic heterocycles. The van der Waals surface area contributed by atoms with Crippen molar-refractivity contribution in [2.75, 3.05) is 25.2 Å². The van der Waals surface area contributed by atoms with Gasteiger partial charge >= 0.3 is 0 Å². The van der Waals surface area contributed by atoms with Crippen LogP contribution in [0.25, 0.3) is 0 Å². The molecule has 104 valence electrons. The van der Waals surface area contributed by atoms with Crippen LogP contribution in [0, 0.1) is 6.92 Å². The molecule has 19 heavy (non-hydrogen) atoms. The van der Waals surface area contributed by atoms with Gasteiger partial charge in [0.1, 0.15) is 0 Å². The fourth-order valence-electron chi connectivity index (χ4n) is 2.52. The molecule has 1 atom stereocenters. The molecule has 0 fully saturated rings. The summed E-state index contributed by atoms with van der Waals surface area (Å²) < 4.78 is 4.98. The minimum absolute atomic E-state index is 0.00172. The van der Waals surface area contributed by atoms with Gasteiger partial charge in [-0.05, 0) is 37.8 Å². The summed E-state index contributed by atoms with van der Waals surface area (Å²) in [4.78, 5) is 14.2. The van der Waals surface area contributed by atoms with Crippen LogP contribution in [0.3, 0.4) is 0 Å². The number of benzene rings is 1. The van der Waals surface area contributed by atoms with Gasteiger partial charge in [0.2, 0.25) is 5.91 Å². The van der Waals surface area contributed by atoms with Gasteiger partial charge in [0, 0.05) is 25.9 Å². The zero-order chi connectivity index (χ0) is 13.8. The summed E-state index contributed by atoms with van der Waals surface area (Å²) in [5.74, 6) is 0.00172. The Balaban J connectivity index is 2.16. The van der Waals surface area contributed by atoms with Gasteiger partial charge < -0.3 is 15.4 Å². The third-order valence-corrected chi connectivity index (χ3v) is 3.57. The maximum atomic E-state index is 12.4. The maximum absolute atomic E-state index is 12.4. The number of carbonyl (C=O) groups is 1. The van der Waals surface area contributed by atoms with E-state index in [-0.39, 0.29) is 5.91 Å². The standard InChI is InChI=1S/C15H22N2O2/c1-11-5-6-14-12(10-11)4-3-8-17(14)15(18)13(16)7-9-19-2/h5-6,10,13H,3-4,7-9,16H2,1-2H3. The van der Waals surface area contributed by atoms with Crippen LogP contribution in [0.2, 0.25) is 0 Å². The Hall–Kier alpha value is -1.39. The maximum Gasteiger partial charge on any atom is 0.243 e. The minimum Gasteiger partial charge on any atom is -0.385 e. The van der Waals surface area contributed by atoms with Crippen LogP contribution in [-0.2, 0) is 16.0 Å². The number of nitrogens with zero attached hydrogens (tertiary/aromatic N) is 1. The Labute approximate surface area is 114 Å². The third-order valence-electron chi connectivity index (χ3n) is 3.57. The Morgan fingerprint density at radius 3 is 3.05 bits per heavy atom. The summed E-state index contributed by atoms with van der Waals surface area (Å²) in [7, 11) is 1.62. The van der Waals surface area contributed by atoms with Gasteiger partial charge in [0.15, 0.2) is 0 Å². The van der Waals surface area contributed by atoms with Crippen molar-refractivity contribution >= 4 is 11.6 Å². The molecule has 1 aromatic carbocycles. The summed E-state index contributed by atoms with van der Waals surface area (Å²) in [6.45, 7) is 3.35. The summed E-state index contributed by atoms with van der Waals surface area (Å²) in [6.07, 6.45) is 2.60. The zero-order valence-electron chi connectivity index (χ0n) is 11.7. The van der Waals surface area contributed by atoms with Crippen molar-refractivity contribution in [1.29, 1.82) is 0 Å². The largest absolute Gasteiger partial charge is 0.385 e. The molecule has 1 aliphatic heterocycles. The van der Waals surface area contributed by atoms with E-state index < -0.39 is 6.04 Å². The van der Waals surface area contributed by atoms with E-state index in [2.05, 4.69) is 13.0 Å². The van der Waals surface area contributed by atoms with E-state index in [4.69, 9.17) is 10.5 Å². The summed E-state index contributed by atoms with van der Waals surface area (Å²) >= 11 is 0. The lowest BCUT2D eigenvalue weighted by Gasteiger charge is -2.31. The highest BCUT2D eigenvalue weighted by Gasteiger charge is 2.26. The Kier molecular flexibility index (Phi) is 4.56. The predicted molar refractivity (Wildman–Crippen MR) is 76.3 cm³/mol. The van der Waals surface area contributed by atoms with Crippen molar-refractivity contribution in [1.82, 2.24) is 0 Å². The molecule has 1 aromatic rings. The lowest BCUT2D eigenvalue weighted by molar-refractivity contribution is -0.120. The van der Waals surface area contributed by atoms with Crippen LogP contribution >= 0.6 is 0 Å². The first-order valence-corrected chi connectivity index (χ1v) is 6.79. The number of ether oxygens (including phenoxy) is 1. The van der Waals surface area contributed by atoms with Crippen LogP contribution in [-0.4, -0.2) is 32.2 Å². The van der Waals surface area contributed by atoms with Gasteiger partial charge in [-0.25, -0.2) is 0 Å². The number of nitrogens with two attached hydrogens (primary N) is 1. The van der Waals surface area contributed by atoms with Crippen LogP contribution < -0.4 is 10.6 Å². The van der Waals surface area contributed by atoms with E-state index in [1.807, 2.05) is 17.0 Å². The molecule has 4 nitrogen and oxygen atoms in total. The highest BCUT2D eigenvalue weighted by molar-refractivity contribution is 5.98. The van der Waals surface area contributed by atoms with Gasteiger partial charge in [0.25, 0.3) is 0 Å². The average molecular weight is 262 g/mol. The molecular weight excluding hydrogens is 240 g/mol. The zero-order valence-corrected chi connectivity index (χ0v) is 11.7. The molecule has 1 unspecified atom stereocenters. The average Bonchev–Trinajstić information content (AvgIpc) is 2.42. The number of hydrogen-bond acceptors (Lipinski definition) is 3. The van der Waals surface area contributed by atoms with E-state index in [9.17, 15) is 4.79 Å². The SMILES string of the molecule is COCCC(N)C(=O)N1CCCc2cc(C)ccc21. The van der Waals surface area contributed by atoms with Crippen LogP contribution in [0.5, 0.6) is 0 Å². The monoisotopic (exact) mass is 262 g/mol. The molecule has 1 aliphatic rings. The van der Waals surface area contributed by atoms with Crippen LogP contribution in [0.1, 0.15) is 24.0 Å². The fraction of sp³-hybridized carbons (Fsp3) is 0.533. The van der Waals surface area contributed by atoms with E-state index in [1.54, 1.807) is 7.11 Å². The normalized spacial score (nSPS) is 16.1. The molecule has 0 saturated carbocycles. The third kappa shape index (κ3) is 3.14. The van der Waals surface area contributed by atoms with Crippen molar-refractivity contribution < 1.29 is 9.53 Å². The number of rotatable bonds is 4. The summed E-state index contributed by atoms with van der Waals surface area (Å²) in [6, 6.07) is 5.76. The number of anilines is 1. The Bertz CT molecular complexity index is 459. The second kappa shape index (κ2) is 6.17. The fourth-order valence-corrected chi connectivity index (χ4v) is 2.52. The highest BCUT2D eigenvalue weighted by atomic mass is 16.5. The quantitative estimate of drug-likeness (QED) is 0.897. The second-order valence-corrected chi connectivity index (χ2v) is 5.11. The molecule has 0 spiro atoms. The number of amides is 1. The molecule has 0 saturated heterocycles. The van der Waals surface area contributed by atoms with Crippen molar-refractivity contribution in [3.05, 3.63) is 29.3 Å². The number of carbonyl (C=O) groups excluding carboxylic acids is 1. The Morgan fingerprint density at radius 2 is 2.32 bits per heavy atom. The topological polar surface area (TPSA) is 55.6 Å². The van der Waals surface area contributed by atoms with Crippen LogP contribution in [0.4, 0.5) is 5.69 Å². The number of hydrogen-bond donors (Lipinski definition) is 1. The summed E-state index contributed by atoms with van der Waals surface area (Å²) in [5, 5.41) is 0. The highest BCUT2D eigenvalue weighted by Crippen LogP contribution is 2.28. The van der Waals surface area contributed by atoms with Crippen LogP contribution in [0.15, 0.2) is 18.2 Å². The molecule has 0 bridgehead atoms. The molecule has 1 amide bonds. The van der Waals surface area contributed by atoms with E-state index in [1.165, 1.54) is 11.1 Å². The molecule has 2 rings (SSSR count). The van der Waals surface area contributed by atoms with Gasteiger partial charge in [-0.1, -0.05) is 17.7 Å². The number of fused-ring (bicyclic) bond motifs is 1. The van der Waals surface area contributed by atoms with E-state index in [0.29, 0.717) is 13.0 Å². The van der Waals surface area contributed by atoms with Gasteiger partial charge in [-0.3, -0.25) is 4.79 Å². The van der Waals surface area contributed by atoms with Crippen molar-refractivity contribution in [3.63, 3.8) is 0 Å². The lowest BCUT2D eigenvalue weighted by Crippen LogP contribution is -2.46. The van der Waals surface area contributed by atoms with Crippen molar-refractivity contribution in [2.45, 2.75) is 32.2 Å². The van der Waals surface area contributed by atoms with Crippen molar-refractivity contribution in [3.8, 4) is 0 Å².